The Hall–Kier alpha value is -3.39. The monoisotopic (exact) mass is 386 g/mol. The molecule has 8 heteroatoms. The number of ether oxygens (including phenoxy) is 5. The van der Waals surface area contributed by atoms with Crippen LogP contribution in [0.3, 0.4) is 0 Å². The summed E-state index contributed by atoms with van der Waals surface area (Å²) in [6.45, 7) is -0.504. The Morgan fingerprint density at radius 1 is 1.11 bits per heavy atom. The van der Waals surface area contributed by atoms with Crippen LogP contribution in [0.15, 0.2) is 41.7 Å². The molecule has 1 atom stereocenters. The van der Waals surface area contributed by atoms with Gasteiger partial charge < -0.3 is 33.9 Å². The summed E-state index contributed by atoms with van der Waals surface area (Å²) >= 11 is 0. The molecule has 0 radical (unpaired) electrons. The maximum atomic E-state index is 12.1. The molecule has 2 aliphatic heterocycles. The highest BCUT2D eigenvalue weighted by Crippen LogP contribution is 2.51. The second-order valence-electron chi connectivity index (χ2n) is 6.16. The van der Waals surface area contributed by atoms with Crippen molar-refractivity contribution in [2.24, 2.45) is 0 Å². The second kappa shape index (κ2) is 6.97. The second-order valence-corrected chi connectivity index (χ2v) is 6.16. The van der Waals surface area contributed by atoms with Gasteiger partial charge in [-0.3, -0.25) is 0 Å². The lowest BCUT2D eigenvalue weighted by Gasteiger charge is -2.30. The molecule has 2 heterocycles. The quantitative estimate of drug-likeness (QED) is 0.807. The summed E-state index contributed by atoms with van der Waals surface area (Å²) in [6.07, 6.45) is 0. The molecule has 146 valence electrons. The van der Waals surface area contributed by atoms with E-state index in [1.807, 2.05) is 0 Å². The lowest BCUT2D eigenvalue weighted by atomic mass is 9.81. The van der Waals surface area contributed by atoms with Crippen LogP contribution in [0.1, 0.15) is 17.0 Å². The number of aliphatic carboxylic acids is 1. The first kappa shape index (κ1) is 18.0. The van der Waals surface area contributed by atoms with E-state index in [4.69, 9.17) is 23.7 Å². The van der Waals surface area contributed by atoms with Crippen molar-refractivity contribution in [3.05, 3.63) is 52.8 Å². The van der Waals surface area contributed by atoms with Crippen molar-refractivity contribution in [2.45, 2.75) is 5.92 Å². The summed E-state index contributed by atoms with van der Waals surface area (Å²) in [5.41, 5.74) is 1.04. The van der Waals surface area contributed by atoms with Gasteiger partial charge in [0.25, 0.3) is 0 Å². The fraction of sp³-hybridized carbons (Fsp3) is 0.250. The molecular weight excluding hydrogens is 368 g/mol. The topological polar surface area (TPSA) is 104 Å². The summed E-state index contributed by atoms with van der Waals surface area (Å²) in [7, 11) is 2.99. The molecule has 0 amide bonds. The zero-order valence-corrected chi connectivity index (χ0v) is 15.2. The highest BCUT2D eigenvalue weighted by Gasteiger charge is 2.38. The van der Waals surface area contributed by atoms with Crippen molar-refractivity contribution in [2.75, 3.05) is 27.6 Å². The molecule has 4 rings (SSSR count). The van der Waals surface area contributed by atoms with Gasteiger partial charge >= 0.3 is 5.97 Å². The van der Waals surface area contributed by atoms with Gasteiger partial charge in [0.15, 0.2) is 23.0 Å². The Labute approximate surface area is 160 Å². The first-order valence-corrected chi connectivity index (χ1v) is 8.48. The molecule has 0 bridgehead atoms. The van der Waals surface area contributed by atoms with Crippen LogP contribution < -0.4 is 23.7 Å². The number of aliphatic hydroxyl groups is 1. The van der Waals surface area contributed by atoms with Gasteiger partial charge in [-0.15, -0.1) is 0 Å². The molecule has 2 N–H and O–H groups in total. The van der Waals surface area contributed by atoms with Gasteiger partial charge in [-0.05, 0) is 12.1 Å². The van der Waals surface area contributed by atoms with Crippen LogP contribution >= 0.6 is 0 Å². The van der Waals surface area contributed by atoms with E-state index in [9.17, 15) is 15.0 Å². The Kier molecular flexibility index (Phi) is 4.48. The van der Waals surface area contributed by atoms with E-state index in [-0.39, 0.29) is 18.1 Å². The van der Waals surface area contributed by atoms with Crippen molar-refractivity contribution in [1.29, 1.82) is 0 Å². The Morgan fingerprint density at radius 3 is 2.50 bits per heavy atom. The van der Waals surface area contributed by atoms with Crippen LogP contribution in [0.2, 0.25) is 0 Å². The third kappa shape index (κ3) is 2.69. The molecule has 1 unspecified atom stereocenters. The summed E-state index contributed by atoms with van der Waals surface area (Å²) in [5, 5.41) is 19.7. The molecule has 2 aromatic rings. The highest BCUT2D eigenvalue weighted by molar-refractivity contribution is 5.92. The minimum atomic E-state index is -1.21. The number of hydrogen-bond acceptors (Lipinski definition) is 7. The van der Waals surface area contributed by atoms with Crippen molar-refractivity contribution >= 4 is 5.97 Å². The summed E-state index contributed by atoms with van der Waals surface area (Å²) < 4.78 is 27.4. The van der Waals surface area contributed by atoms with E-state index in [0.29, 0.717) is 39.9 Å². The molecule has 0 spiro atoms. The maximum absolute atomic E-state index is 12.1. The standard InChI is InChI=1S/C20H18O8/c1-24-12-5-3-4-10(19(12)25-2)17-11-6-14-15(27-9-26-14)7-13(11)28-16(8-21)18(17)20(22)23/h3-7,17,21H,8-9H2,1-2H3,(H,22,23). The Balaban J connectivity index is 2.01. The largest absolute Gasteiger partial charge is 0.493 e. The molecule has 2 aromatic carbocycles. The lowest BCUT2D eigenvalue weighted by Crippen LogP contribution is -2.24. The zero-order chi connectivity index (χ0) is 19.8. The number of carboxylic acids is 1. The molecule has 2 aliphatic rings. The van der Waals surface area contributed by atoms with Crippen molar-refractivity contribution in [1.82, 2.24) is 0 Å². The van der Waals surface area contributed by atoms with Gasteiger partial charge in [0.05, 0.1) is 25.7 Å². The van der Waals surface area contributed by atoms with Crippen LogP contribution in [0, 0.1) is 0 Å². The molecule has 0 saturated heterocycles. The normalized spacial score (nSPS) is 17.0. The average molecular weight is 386 g/mol. The summed E-state index contributed by atoms with van der Waals surface area (Å²) in [4.78, 5) is 12.1. The minimum Gasteiger partial charge on any atom is -0.493 e. The van der Waals surface area contributed by atoms with Gasteiger partial charge in [-0.2, -0.15) is 0 Å². The number of aliphatic hydroxyl groups excluding tert-OH is 1. The van der Waals surface area contributed by atoms with E-state index in [1.165, 1.54) is 14.2 Å². The third-order valence-corrected chi connectivity index (χ3v) is 4.76. The van der Waals surface area contributed by atoms with E-state index < -0.39 is 18.5 Å². The molecule has 0 aliphatic carbocycles. The zero-order valence-electron chi connectivity index (χ0n) is 15.2. The molecule has 0 aromatic heterocycles. The van der Waals surface area contributed by atoms with Crippen molar-refractivity contribution < 1.29 is 38.7 Å². The summed E-state index contributed by atoms with van der Waals surface area (Å²) in [6, 6.07) is 8.55. The number of para-hydroxylation sites is 1. The Bertz CT molecular complexity index is 978. The van der Waals surface area contributed by atoms with Crippen LogP contribution in [0.5, 0.6) is 28.7 Å². The number of methoxy groups -OCH3 is 2. The van der Waals surface area contributed by atoms with Crippen molar-refractivity contribution in [3.8, 4) is 28.7 Å². The van der Waals surface area contributed by atoms with Crippen LogP contribution in [-0.4, -0.2) is 43.8 Å². The summed E-state index contributed by atoms with van der Waals surface area (Å²) in [5.74, 6) is 0.199. The van der Waals surface area contributed by atoms with Crippen LogP contribution in [0.4, 0.5) is 0 Å². The predicted molar refractivity (Wildman–Crippen MR) is 96.3 cm³/mol. The van der Waals surface area contributed by atoms with E-state index in [2.05, 4.69) is 0 Å². The number of rotatable bonds is 5. The SMILES string of the molecule is COc1cccc(C2C(C(=O)O)=C(CO)Oc3cc4c(cc32)OCO4)c1OC. The van der Waals surface area contributed by atoms with Gasteiger partial charge in [0, 0.05) is 17.2 Å². The Morgan fingerprint density at radius 2 is 1.86 bits per heavy atom. The van der Waals surface area contributed by atoms with Gasteiger partial charge in [-0.1, -0.05) is 12.1 Å². The van der Waals surface area contributed by atoms with Crippen LogP contribution in [-0.2, 0) is 4.79 Å². The highest BCUT2D eigenvalue weighted by atomic mass is 16.7. The number of carbonyl (C=O) groups is 1. The fourth-order valence-electron chi connectivity index (χ4n) is 3.58. The maximum Gasteiger partial charge on any atom is 0.336 e. The molecule has 0 fully saturated rings. The first-order chi connectivity index (χ1) is 13.6. The average Bonchev–Trinajstić information content (AvgIpc) is 3.17. The van der Waals surface area contributed by atoms with E-state index >= 15 is 0 Å². The lowest BCUT2D eigenvalue weighted by molar-refractivity contribution is -0.133. The number of fused-ring (bicyclic) bond motifs is 2. The number of carboxylic acid groups (broad SMARTS) is 1. The fourth-order valence-corrected chi connectivity index (χ4v) is 3.58. The van der Waals surface area contributed by atoms with Gasteiger partial charge in [0.1, 0.15) is 18.1 Å². The van der Waals surface area contributed by atoms with Crippen molar-refractivity contribution in [3.63, 3.8) is 0 Å². The van der Waals surface area contributed by atoms with Crippen LogP contribution in [0.25, 0.3) is 0 Å². The molecule has 28 heavy (non-hydrogen) atoms. The first-order valence-electron chi connectivity index (χ1n) is 8.48. The third-order valence-electron chi connectivity index (χ3n) is 4.76. The van der Waals surface area contributed by atoms with Gasteiger partial charge in [0.2, 0.25) is 6.79 Å². The minimum absolute atomic E-state index is 0.0475. The molecular formula is C20H18O8. The smallest absolute Gasteiger partial charge is 0.336 e. The van der Waals surface area contributed by atoms with E-state index in [0.717, 1.165) is 0 Å². The molecule has 8 nitrogen and oxygen atoms in total. The number of benzene rings is 2. The van der Waals surface area contributed by atoms with Gasteiger partial charge in [-0.25, -0.2) is 4.79 Å². The predicted octanol–water partition coefficient (Wildman–Crippen LogP) is 2.29. The molecule has 0 saturated carbocycles. The van der Waals surface area contributed by atoms with E-state index in [1.54, 1.807) is 30.3 Å². The number of hydrogen-bond donors (Lipinski definition) is 2.